The molecule has 0 heterocycles. The minimum Gasteiger partial charge on any atom is -0.493 e. The van der Waals surface area contributed by atoms with E-state index < -0.39 is 0 Å². The summed E-state index contributed by atoms with van der Waals surface area (Å²) in [6.45, 7) is 0. The van der Waals surface area contributed by atoms with E-state index in [0.29, 0.717) is 12.2 Å². The second-order valence-electron chi connectivity index (χ2n) is 2.60. The highest BCUT2D eigenvalue weighted by Gasteiger charge is 2.02. The Balaban J connectivity index is 2.98. The van der Waals surface area contributed by atoms with Gasteiger partial charge in [-0.25, -0.2) is 0 Å². The minimum absolute atomic E-state index is 0.625. The van der Waals surface area contributed by atoms with Crippen LogP contribution in [0.25, 0.3) is 0 Å². The van der Waals surface area contributed by atoms with Gasteiger partial charge in [-0.15, -0.1) is 0 Å². The largest absolute Gasteiger partial charge is 0.493 e. The summed E-state index contributed by atoms with van der Waals surface area (Å²) in [5.41, 5.74) is 1.05. The van der Waals surface area contributed by atoms with Gasteiger partial charge in [0.15, 0.2) is 11.5 Å². The van der Waals surface area contributed by atoms with Crippen molar-refractivity contribution in [1.29, 1.82) is 5.41 Å². The van der Waals surface area contributed by atoms with Crippen LogP contribution in [0, 0.1) is 5.41 Å². The van der Waals surface area contributed by atoms with Crippen LogP contribution < -0.4 is 9.47 Å². The third-order valence-electron chi connectivity index (χ3n) is 1.79. The molecule has 3 nitrogen and oxygen atoms in total. The van der Waals surface area contributed by atoms with Crippen molar-refractivity contribution in [2.75, 3.05) is 14.2 Å². The van der Waals surface area contributed by atoms with Crippen LogP contribution in [-0.2, 0) is 6.42 Å². The number of methoxy groups -OCH3 is 2. The van der Waals surface area contributed by atoms with Crippen LogP contribution in [0.5, 0.6) is 11.5 Å². The van der Waals surface area contributed by atoms with Gasteiger partial charge in [0.2, 0.25) is 0 Å². The molecule has 0 atom stereocenters. The molecule has 0 fully saturated rings. The highest BCUT2D eigenvalue weighted by molar-refractivity contribution is 5.59. The fraction of sp³-hybridized carbons (Fsp3) is 0.300. The normalized spacial score (nSPS) is 9.38. The lowest BCUT2D eigenvalue weighted by Crippen LogP contribution is -1.92. The van der Waals surface area contributed by atoms with Crippen LogP contribution in [0.4, 0.5) is 0 Å². The van der Waals surface area contributed by atoms with Crippen LogP contribution in [0.15, 0.2) is 18.2 Å². The Morgan fingerprint density at radius 2 is 1.92 bits per heavy atom. The van der Waals surface area contributed by atoms with Crippen LogP contribution in [0.3, 0.4) is 0 Å². The maximum Gasteiger partial charge on any atom is 0.160 e. The van der Waals surface area contributed by atoms with Crippen molar-refractivity contribution in [2.24, 2.45) is 0 Å². The van der Waals surface area contributed by atoms with Crippen molar-refractivity contribution in [3.63, 3.8) is 0 Å². The summed E-state index contributed by atoms with van der Waals surface area (Å²) in [5.74, 6) is 1.43. The molecule has 0 saturated carbocycles. The van der Waals surface area contributed by atoms with E-state index in [2.05, 4.69) is 0 Å². The Morgan fingerprint density at radius 3 is 2.46 bits per heavy atom. The van der Waals surface area contributed by atoms with Gasteiger partial charge in [0.05, 0.1) is 14.2 Å². The molecule has 0 saturated heterocycles. The van der Waals surface area contributed by atoms with Gasteiger partial charge in [-0.05, 0) is 23.9 Å². The first-order chi connectivity index (χ1) is 6.31. The molecule has 0 bridgehead atoms. The number of hydrogen-bond donors (Lipinski definition) is 1. The first-order valence-electron chi connectivity index (χ1n) is 4.01. The predicted octanol–water partition coefficient (Wildman–Crippen LogP) is 1.90. The first kappa shape index (κ1) is 9.58. The summed E-state index contributed by atoms with van der Waals surface area (Å²) in [5, 5.41) is 6.97. The molecule has 0 spiro atoms. The molecule has 0 aliphatic heterocycles. The van der Waals surface area contributed by atoms with E-state index in [1.165, 1.54) is 6.21 Å². The molecule has 1 rings (SSSR count). The van der Waals surface area contributed by atoms with Crippen molar-refractivity contribution >= 4 is 6.21 Å². The lowest BCUT2D eigenvalue weighted by molar-refractivity contribution is 0.354. The SMILES string of the molecule is COc1ccc(CC=N)cc1OC. The van der Waals surface area contributed by atoms with E-state index in [1.54, 1.807) is 14.2 Å². The van der Waals surface area contributed by atoms with E-state index in [9.17, 15) is 0 Å². The van der Waals surface area contributed by atoms with Gasteiger partial charge >= 0.3 is 0 Å². The average molecular weight is 179 g/mol. The Morgan fingerprint density at radius 1 is 1.23 bits per heavy atom. The van der Waals surface area contributed by atoms with E-state index in [1.807, 2.05) is 18.2 Å². The molecule has 13 heavy (non-hydrogen) atoms. The van der Waals surface area contributed by atoms with Crippen LogP contribution in [0.1, 0.15) is 5.56 Å². The molecule has 0 aliphatic rings. The summed E-state index contributed by atoms with van der Waals surface area (Å²) in [7, 11) is 3.21. The van der Waals surface area contributed by atoms with Gasteiger partial charge in [0.25, 0.3) is 0 Å². The molecule has 3 heteroatoms. The number of ether oxygens (including phenoxy) is 2. The van der Waals surface area contributed by atoms with Gasteiger partial charge in [-0.3, -0.25) is 0 Å². The molecule has 1 aromatic carbocycles. The molecule has 0 aromatic heterocycles. The van der Waals surface area contributed by atoms with E-state index in [-0.39, 0.29) is 0 Å². The Hall–Kier alpha value is -1.51. The van der Waals surface area contributed by atoms with Gasteiger partial charge in [0.1, 0.15) is 0 Å². The zero-order valence-electron chi connectivity index (χ0n) is 7.83. The lowest BCUT2D eigenvalue weighted by Gasteiger charge is -2.08. The zero-order chi connectivity index (χ0) is 9.68. The number of hydrogen-bond acceptors (Lipinski definition) is 3. The molecule has 0 aliphatic carbocycles. The fourth-order valence-corrected chi connectivity index (χ4v) is 1.13. The maximum absolute atomic E-state index is 6.97. The molecule has 0 radical (unpaired) electrons. The van der Waals surface area contributed by atoms with Gasteiger partial charge < -0.3 is 14.9 Å². The first-order valence-corrected chi connectivity index (χ1v) is 4.01. The molecule has 0 amide bonds. The van der Waals surface area contributed by atoms with E-state index in [4.69, 9.17) is 14.9 Å². The smallest absolute Gasteiger partial charge is 0.160 e. The highest BCUT2D eigenvalue weighted by atomic mass is 16.5. The predicted molar refractivity (Wildman–Crippen MR) is 52.0 cm³/mol. The van der Waals surface area contributed by atoms with E-state index >= 15 is 0 Å². The van der Waals surface area contributed by atoms with Crippen molar-refractivity contribution in [2.45, 2.75) is 6.42 Å². The zero-order valence-corrected chi connectivity index (χ0v) is 7.83. The maximum atomic E-state index is 6.97. The quantitative estimate of drug-likeness (QED) is 0.717. The lowest BCUT2D eigenvalue weighted by atomic mass is 10.1. The van der Waals surface area contributed by atoms with Crippen molar-refractivity contribution < 1.29 is 9.47 Å². The molecular weight excluding hydrogens is 166 g/mol. The number of rotatable bonds is 4. The Labute approximate surface area is 77.8 Å². The summed E-state index contributed by atoms with van der Waals surface area (Å²) in [6, 6.07) is 5.65. The number of nitrogens with one attached hydrogen (secondary N) is 1. The molecule has 1 aromatic rings. The van der Waals surface area contributed by atoms with Gasteiger partial charge in [0, 0.05) is 6.42 Å². The highest BCUT2D eigenvalue weighted by Crippen LogP contribution is 2.27. The van der Waals surface area contributed by atoms with Gasteiger partial charge in [-0.2, -0.15) is 0 Å². The summed E-state index contributed by atoms with van der Waals surface area (Å²) >= 11 is 0. The van der Waals surface area contributed by atoms with Crippen LogP contribution in [-0.4, -0.2) is 20.4 Å². The van der Waals surface area contributed by atoms with Crippen molar-refractivity contribution in [1.82, 2.24) is 0 Å². The Kier molecular flexibility index (Phi) is 3.31. The molecule has 70 valence electrons. The monoisotopic (exact) mass is 179 g/mol. The van der Waals surface area contributed by atoms with Crippen LogP contribution >= 0.6 is 0 Å². The fourth-order valence-electron chi connectivity index (χ4n) is 1.13. The molecular formula is C10H13NO2. The minimum atomic E-state index is 0.625. The summed E-state index contributed by atoms with van der Waals surface area (Å²) in [4.78, 5) is 0. The standard InChI is InChI=1S/C10H13NO2/c1-12-9-4-3-8(5-6-11)7-10(9)13-2/h3-4,6-7,11H,5H2,1-2H3. The van der Waals surface area contributed by atoms with Crippen molar-refractivity contribution in [3.8, 4) is 11.5 Å². The van der Waals surface area contributed by atoms with Crippen molar-refractivity contribution in [3.05, 3.63) is 23.8 Å². The third kappa shape index (κ3) is 2.21. The average Bonchev–Trinajstić information content (AvgIpc) is 2.18. The molecule has 0 unspecified atom stereocenters. The second-order valence-corrected chi connectivity index (χ2v) is 2.60. The third-order valence-corrected chi connectivity index (χ3v) is 1.79. The molecule has 1 N–H and O–H groups in total. The topological polar surface area (TPSA) is 42.3 Å². The summed E-state index contributed by atoms with van der Waals surface area (Å²) in [6.07, 6.45) is 1.99. The Bertz CT molecular complexity index is 297. The van der Waals surface area contributed by atoms with Gasteiger partial charge in [-0.1, -0.05) is 6.07 Å². The second kappa shape index (κ2) is 4.50. The van der Waals surface area contributed by atoms with E-state index in [0.717, 1.165) is 11.3 Å². The van der Waals surface area contributed by atoms with Crippen LogP contribution in [0.2, 0.25) is 0 Å². The number of benzene rings is 1. The summed E-state index contributed by atoms with van der Waals surface area (Å²) < 4.78 is 10.2.